The van der Waals surface area contributed by atoms with E-state index in [0.29, 0.717) is 12.8 Å². The number of halogens is 2. The van der Waals surface area contributed by atoms with Crippen LogP contribution in [0.4, 0.5) is 8.78 Å². The van der Waals surface area contributed by atoms with Crippen molar-refractivity contribution in [2.45, 2.75) is 44.2 Å². The number of amides is 1. The molecule has 1 unspecified atom stereocenters. The number of rotatable bonds is 3. The van der Waals surface area contributed by atoms with Crippen molar-refractivity contribution in [1.82, 2.24) is 4.90 Å². The van der Waals surface area contributed by atoms with Crippen molar-refractivity contribution < 1.29 is 13.6 Å². The van der Waals surface area contributed by atoms with Crippen LogP contribution in [0.25, 0.3) is 0 Å². The van der Waals surface area contributed by atoms with Gasteiger partial charge in [0.15, 0.2) is 0 Å². The number of hydrogen-bond acceptors (Lipinski definition) is 2. The Balaban J connectivity index is 2.21. The monoisotopic (exact) mass is 282 g/mol. The Bertz CT molecular complexity index is 513. The molecule has 2 rings (SSSR count). The van der Waals surface area contributed by atoms with E-state index in [2.05, 4.69) is 0 Å². The fourth-order valence-electron chi connectivity index (χ4n) is 2.79. The van der Waals surface area contributed by atoms with Gasteiger partial charge in [0.05, 0.1) is 11.6 Å². The number of hydrogen-bond donors (Lipinski definition) is 1. The van der Waals surface area contributed by atoms with Crippen molar-refractivity contribution in [3.05, 3.63) is 35.4 Å². The largest absolute Gasteiger partial charge is 0.337 e. The van der Waals surface area contributed by atoms with Gasteiger partial charge in [0, 0.05) is 12.6 Å². The second-order valence-corrected chi connectivity index (χ2v) is 5.62. The first-order valence-electron chi connectivity index (χ1n) is 6.86. The van der Waals surface area contributed by atoms with Crippen molar-refractivity contribution in [3.8, 4) is 0 Å². The molecule has 0 spiro atoms. The van der Waals surface area contributed by atoms with Gasteiger partial charge in [-0.15, -0.1) is 0 Å². The zero-order valence-corrected chi connectivity index (χ0v) is 11.8. The standard InChI is InChI=1S/C15H20F2N2O/c1-10(12-9-11(16)5-6-13(12)17)19(2)14(20)15(18)7-3-4-8-15/h5-6,9-10H,3-4,7-8,18H2,1-2H3. The van der Waals surface area contributed by atoms with E-state index < -0.39 is 23.2 Å². The molecule has 0 saturated heterocycles. The highest BCUT2D eigenvalue weighted by molar-refractivity contribution is 5.86. The molecule has 0 aliphatic heterocycles. The number of likely N-dealkylation sites (N-methyl/N-ethyl adjacent to an activating group) is 1. The van der Waals surface area contributed by atoms with Gasteiger partial charge in [-0.2, -0.15) is 0 Å². The molecule has 1 aliphatic carbocycles. The molecular formula is C15H20F2N2O. The van der Waals surface area contributed by atoms with Gasteiger partial charge < -0.3 is 10.6 Å². The van der Waals surface area contributed by atoms with Crippen LogP contribution in [0.5, 0.6) is 0 Å². The fourth-order valence-corrected chi connectivity index (χ4v) is 2.79. The Morgan fingerprint density at radius 1 is 1.35 bits per heavy atom. The smallest absolute Gasteiger partial charge is 0.242 e. The van der Waals surface area contributed by atoms with E-state index in [1.807, 2.05) is 0 Å². The van der Waals surface area contributed by atoms with E-state index >= 15 is 0 Å². The van der Waals surface area contributed by atoms with Crippen molar-refractivity contribution in [3.63, 3.8) is 0 Å². The summed E-state index contributed by atoms with van der Waals surface area (Å²) in [6, 6.07) is 2.71. The van der Waals surface area contributed by atoms with Crippen LogP contribution in [-0.2, 0) is 4.79 Å². The van der Waals surface area contributed by atoms with E-state index in [9.17, 15) is 13.6 Å². The van der Waals surface area contributed by atoms with Crippen LogP contribution in [0, 0.1) is 11.6 Å². The van der Waals surface area contributed by atoms with Crippen molar-refractivity contribution in [2.24, 2.45) is 5.73 Å². The second kappa shape index (κ2) is 5.48. The topological polar surface area (TPSA) is 46.3 Å². The Hall–Kier alpha value is -1.49. The van der Waals surface area contributed by atoms with E-state index in [0.717, 1.165) is 31.0 Å². The molecule has 0 aromatic heterocycles. The van der Waals surface area contributed by atoms with Crippen LogP contribution < -0.4 is 5.73 Å². The molecule has 3 nitrogen and oxygen atoms in total. The van der Waals surface area contributed by atoms with Crippen molar-refractivity contribution in [1.29, 1.82) is 0 Å². The SMILES string of the molecule is CC(c1cc(F)ccc1F)N(C)C(=O)C1(N)CCCC1. The van der Waals surface area contributed by atoms with Gasteiger partial charge in [0.2, 0.25) is 5.91 Å². The molecule has 0 heterocycles. The van der Waals surface area contributed by atoms with Crippen LogP contribution >= 0.6 is 0 Å². The van der Waals surface area contributed by atoms with E-state index in [-0.39, 0.29) is 11.5 Å². The first-order chi connectivity index (χ1) is 9.35. The van der Waals surface area contributed by atoms with E-state index in [1.165, 1.54) is 4.90 Å². The highest BCUT2D eigenvalue weighted by Crippen LogP contribution is 2.32. The molecule has 0 radical (unpaired) electrons. The third kappa shape index (κ3) is 2.68. The summed E-state index contributed by atoms with van der Waals surface area (Å²) in [6.45, 7) is 1.67. The molecule has 0 bridgehead atoms. The molecule has 1 atom stereocenters. The first kappa shape index (κ1) is 14.9. The summed E-state index contributed by atoms with van der Waals surface area (Å²) in [4.78, 5) is 13.9. The molecule has 2 N–H and O–H groups in total. The predicted octanol–water partition coefficient (Wildman–Crippen LogP) is 2.76. The van der Waals surface area contributed by atoms with Gasteiger partial charge in [-0.05, 0) is 38.0 Å². The van der Waals surface area contributed by atoms with E-state index in [1.54, 1.807) is 14.0 Å². The van der Waals surface area contributed by atoms with Gasteiger partial charge in [-0.25, -0.2) is 8.78 Å². The van der Waals surface area contributed by atoms with E-state index in [4.69, 9.17) is 5.73 Å². The number of nitrogens with two attached hydrogens (primary N) is 1. The van der Waals surface area contributed by atoms with Gasteiger partial charge in [-0.3, -0.25) is 4.79 Å². The molecule has 1 fully saturated rings. The summed E-state index contributed by atoms with van der Waals surface area (Å²) in [5.41, 5.74) is 5.44. The summed E-state index contributed by atoms with van der Waals surface area (Å²) >= 11 is 0. The molecule has 110 valence electrons. The summed E-state index contributed by atoms with van der Waals surface area (Å²) in [6.07, 6.45) is 3.15. The highest BCUT2D eigenvalue weighted by Gasteiger charge is 2.40. The minimum atomic E-state index is -0.854. The number of benzene rings is 1. The number of carbonyl (C=O) groups is 1. The zero-order valence-electron chi connectivity index (χ0n) is 11.8. The average molecular weight is 282 g/mol. The van der Waals surface area contributed by atoms with Gasteiger partial charge in [0.25, 0.3) is 0 Å². The fraction of sp³-hybridized carbons (Fsp3) is 0.533. The predicted molar refractivity (Wildman–Crippen MR) is 72.9 cm³/mol. The molecular weight excluding hydrogens is 262 g/mol. The maximum absolute atomic E-state index is 13.8. The Labute approximate surface area is 117 Å². The minimum absolute atomic E-state index is 0.169. The second-order valence-electron chi connectivity index (χ2n) is 5.62. The molecule has 1 aliphatic rings. The molecule has 5 heteroatoms. The molecule has 1 saturated carbocycles. The lowest BCUT2D eigenvalue weighted by atomic mass is 9.95. The number of nitrogens with zero attached hydrogens (tertiary/aromatic N) is 1. The van der Waals surface area contributed by atoms with Crippen LogP contribution in [-0.4, -0.2) is 23.4 Å². The average Bonchev–Trinajstić information content (AvgIpc) is 2.87. The van der Waals surface area contributed by atoms with Crippen molar-refractivity contribution >= 4 is 5.91 Å². The summed E-state index contributed by atoms with van der Waals surface area (Å²) < 4.78 is 27.0. The van der Waals surface area contributed by atoms with Gasteiger partial charge in [0.1, 0.15) is 11.6 Å². The van der Waals surface area contributed by atoms with Gasteiger partial charge >= 0.3 is 0 Å². The third-order valence-corrected chi connectivity index (χ3v) is 4.23. The minimum Gasteiger partial charge on any atom is -0.337 e. The third-order valence-electron chi connectivity index (χ3n) is 4.23. The van der Waals surface area contributed by atoms with Crippen molar-refractivity contribution in [2.75, 3.05) is 7.05 Å². The summed E-state index contributed by atoms with van der Waals surface area (Å²) in [5.74, 6) is -1.24. The quantitative estimate of drug-likeness (QED) is 0.926. The molecule has 1 amide bonds. The van der Waals surface area contributed by atoms with Crippen LogP contribution in [0.2, 0.25) is 0 Å². The lowest BCUT2D eigenvalue weighted by Gasteiger charge is -2.33. The maximum Gasteiger partial charge on any atom is 0.242 e. The van der Waals surface area contributed by atoms with Crippen LogP contribution in [0.1, 0.15) is 44.2 Å². The van der Waals surface area contributed by atoms with Crippen LogP contribution in [0.15, 0.2) is 18.2 Å². The first-order valence-corrected chi connectivity index (χ1v) is 6.86. The summed E-state index contributed by atoms with van der Waals surface area (Å²) in [5, 5.41) is 0. The lowest BCUT2D eigenvalue weighted by Crippen LogP contribution is -2.53. The van der Waals surface area contributed by atoms with Crippen LogP contribution in [0.3, 0.4) is 0 Å². The number of carbonyl (C=O) groups excluding carboxylic acids is 1. The Kier molecular flexibility index (Phi) is 4.09. The van der Waals surface area contributed by atoms with Gasteiger partial charge in [-0.1, -0.05) is 12.8 Å². The molecule has 20 heavy (non-hydrogen) atoms. The Morgan fingerprint density at radius 3 is 2.55 bits per heavy atom. The summed E-state index contributed by atoms with van der Waals surface area (Å²) in [7, 11) is 1.59. The highest BCUT2D eigenvalue weighted by atomic mass is 19.1. The lowest BCUT2D eigenvalue weighted by molar-refractivity contribution is -0.137. The molecule has 1 aromatic rings. The molecule has 1 aromatic carbocycles. The Morgan fingerprint density at radius 2 is 1.95 bits per heavy atom. The maximum atomic E-state index is 13.8. The normalized spacial score (nSPS) is 18.9. The zero-order chi connectivity index (χ0) is 14.9.